The van der Waals surface area contributed by atoms with Crippen LogP contribution in [0.3, 0.4) is 0 Å². The Morgan fingerprint density at radius 3 is 2.60 bits per heavy atom. The molecule has 8 nitrogen and oxygen atoms in total. The normalized spacial score (nSPS) is 16.3. The van der Waals surface area contributed by atoms with Gasteiger partial charge in [-0.2, -0.15) is 0 Å². The third kappa shape index (κ3) is 3.17. The zero-order chi connectivity index (χ0) is 18.1. The number of hydrogen-bond donors (Lipinski definition) is 1. The Hall–Kier alpha value is -3.33. The van der Waals surface area contributed by atoms with Crippen molar-refractivity contribution < 1.29 is 19.3 Å². The summed E-state index contributed by atoms with van der Waals surface area (Å²) in [5.41, 5.74) is 0.908. The fraction of sp³-hybridized carbons (Fsp3) is 0.0625. The van der Waals surface area contributed by atoms with Crippen molar-refractivity contribution in [2.24, 2.45) is 0 Å². The van der Waals surface area contributed by atoms with Gasteiger partial charge in [-0.05, 0) is 36.8 Å². The molecule has 1 aromatic heterocycles. The van der Waals surface area contributed by atoms with Gasteiger partial charge in [0.25, 0.3) is 11.8 Å². The molecular weight excluding hydrogens is 346 g/mol. The number of hydrogen-bond acceptors (Lipinski definition) is 6. The molecule has 2 aromatic rings. The van der Waals surface area contributed by atoms with Gasteiger partial charge in [-0.25, -0.2) is 9.69 Å². The van der Waals surface area contributed by atoms with Gasteiger partial charge >= 0.3 is 11.0 Å². The van der Waals surface area contributed by atoms with E-state index in [2.05, 4.69) is 5.32 Å². The molecule has 1 fully saturated rings. The molecule has 1 aromatic carbocycles. The Morgan fingerprint density at radius 2 is 1.96 bits per heavy atom. The van der Waals surface area contributed by atoms with Crippen molar-refractivity contribution in [2.45, 2.75) is 6.92 Å². The fourth-order valence-electron chi connectivity index (χ4n) is 2.32. The SMILES string of the molecule is Cc1cccc(N2C(=O)NC(=O)C(=Cc3ccc([N+](=O)[O-])s3)C2=O)c1. The summed E-state index contributed by atoms with van der Waals surface area (Å²) in [5, 5.41) is 12.7. The van der Waals surface area contributed by atoms with Crippen molar-refractivity contribution in [3.63, 3.8) is 0 Å². The van der Waals surface area contributed by atoms with Crippen LogP contribution in [0.1, 0.15) is 10.4 Å². The van der Waals surface area contributed by atoms with Crippen LogP contribution < -0.4 is 10.2 Å². The van der Waals surface area contributed by atoms with E-state index in [-0.39, 0.29) is 10.6 Å². The van der Waals surface area contributed by atoms with Crippen molar-refractivity contribution in [3.05, 3.63) is 62.5 Å². The van der Waals surface area contributed by atoms with E-state index in [1.165, 1.54) is 18.2 Å². The Kier molecular flexibility index (Phi) is 4.15. The first-order valence-corrected chi connectivity index (χ1v) is 7.91. The Labute approximate surface area is 145 Å². The molecule has 1 N–H and O–H groups in total. The highest BCUT2D eigenvalue weighted by molar-refractivity contribution is 7.16. The van der Waals surface area contributed by atoms with Crippen molar-refractivity contribution in [3.8, 4) is 0 Å². The topological polar surface area (TPSA) is 110 Å². The van der Waals surface area contributed by atoms with Crippen LogP contribution in [0.5, 0.6) is 0 Å². The summed E-state index contributed by atoms with van der Waals surface area (Å²) in [6.07, 6.45) is 1.24. The average Bonchev–Trinajstić information content (AvgIpc) is 3.00. The summed E-state index contributed by atoms with van der Waals surface area (Å²) in [5.74, 6) is -1.62. The lowest BCUT2D eigenvalue weighted by atomic mass is 10.1. The lowest BCUT2D eigenvalue weighted by Crippen LogP contribution is -2.54. The molecule has 0 radical (unpaired) electrons. The van der Waals surface area contributed by atoms with E-state index in [0.29, 0.717) is 10.6 Å². The number of barbiturate groups is 1. The molecule has 3 rings (SSSR count). The third-order valence-electron chi connectivity index (χ3n) is 3.44. The standard InChI is InChI=1S/C16H11N3O5S/c1-9-3-2-4-10(7-9)18-15(21)12(14(20)17-16(18)22)8-11-5-6-13(25-11)19(23)24/h2-8H,1H3,(H,17,20,22). The van der Waals surface area contributed by atoms with E-state index in [4.69, 9.17) is 0 Å². The van der Waals surface area contributed by atoms with Crippen molar-refractivity contribution >= 4 is 45.9 Å². The van der Waals surface area contributed by atoms with E-state index in [0.717, 1.165) is 21.8 Å². The molecule has 2 heterocycles. The molecule has 0 atom stereocenters. The van der Waals surface area contributed by atoms with Gasteiger partial charge in [-0.3, -0.25) is 25.0 Å². The maximum atomic E-state index is 12.6. The van der Waals surface area contributed by atoms with E-state index in [1.807, 2.05) is 13.0 Å². The molecule has 1 aliphatic rings. The number of carbonyl (C=O) groups is 3. The molecule has 25 heavy (non-hydrogen) atoms. The number of thiophene rings is 1. The number of urea groups is 1. The summed E-state index contributed by atoms with van der Waals surface area (Å²) in [4.78, 5) is 48.2. The molecule has 0 saturated carbocycles. The van der Waals surface area contributed by atoms with Crippen LogP contribution in [0.25, 0.3) is 6.08 Å². The second kappa shape index (κ2) is 6.29. The lowest BCUT2D eigenvalue weighted by Gasteiger charge is -2.26. The molecule has 126 valence electrons. The fourth-order valence-corrected chi connectivity index (χ4v) is 3.08. The first kappa shape index (κ1) is 16.5. The first-order chi connectivity index (χ1) is 11.9. The summed E-state index contributed by atoms with van der Waals surface area (Å²) in [7, 11) is 0. The van der Waals surface area contributed by atoms with Gasteiger partial charge in [0.2, 0.25) is 0 Å². The van der Waals surface area contributed by atoms with Crippen LogP contribution in [0.15, 0.2) is 42.0 Å². The zero-order valence-corrected chi connectivity index (χ0v) is 13.7. The second-order valence-electron chi connectivity index (χ2n) is 5.23. The summed E-state index contributed by atoms with van der Waals surface area (Å²) in [6.45, 7) is 1.81. The molecule has 4 amide bonds. The number of imide groups is 2. The molecule has 0 spiro atoms. The predicted molar refractivity (Wildman–Crippen MR) is 91.2 cm³/mol. The van der Waals surface area contributed by atoms with Crippen LogP contribution in [0.4, 0.5) is 15.5 Å². The molecule has 1 aliphatic heterocycles. The van der Waals surface area contributed by atoms with Crippen LogP contribution >= 0.6 is 11.3 Å². The maximum Gasteiger partial charge on any atom is 0.335 e. The summed E-state index contributed by atoms with van der Waals surface area (Å²) < 4.78 is 0. The minimum atomic E-state index is -0.838. The number of aryl methyl sites for hydroxylation is 1. The highest BCUT2D eigenvalue weighted by Gasteiger charge is 2.37. The molecule has 0 bridgehead atoms. The van der Waals surface area contributed by atoms with Gasteiger partial charge in [-0.1, -0.05) is 23.5 Å². The number of nitrogens with one attached hydrogen (secondary N) is 1. The molecule has 9 heteroatoms. The minimum absolute atomic E-state index is 0.109. The summed E-state index contributed by atoms with van der Waals surface area (Å²) in [6, 6.07) is 8.59. The molecule has 1 saturated heterocycles. The lowest BCUT2D eigenvalue weighted by molar-refractivity contribution is -0.380. The quantitative estimate of drug-likeness (QED) is 0.393. The maximum absolute atomic E-state index is 12.6. The summed E-state index contributed by atoms with van der Waals surface area (Å²) >= 11 is 0.828. The van der Waals surface area contributed by atoms with Crippen LogP contribution in [-0.2, 0) is 9.59 Å². The zero-order valence-electron chi connectivity index (χ0n) is 12.9. The van der Waals surface area contributed by atoms with Crippen molar-refractivity contribution in [2.75, 3.05) is 4.90 Å². The van der Waals surface area contributed by atoms with Gasteiger partial charge < -0.3 is 0 Å². The van der Waals surface area contributed by atoms with E-state index < -0.39 is 22.8 Å². The molecule has 0 aliphatic carbocycles. The second-order valence-corrected chi connectivity index (χ2v) is 6.32. The van der Waals surface area contributed by atoms with Crippen LogP contribution in [-0.4, -0.2) is 22.8 Å². The van der Waals surface area contributed by atoms with E-state index in [1.54, 1.807) is 18.2 Å². The highest BCUT2D eigenvalue weighted by Crippen LogP contribution is 2.28. The number of amides is 4. The monoisotopic (exact) mass is 357 g/mol. The van der Waals surface area contributed by atoms with Crippen molar-refractivity contribution in [1.82, 2.24) is 5.32 Å². The Balaban J connectivity index is 2.00. The third-order valence-corrected chi connectivity index (χ3v) is 4.42. The minimum Gasteiger partial charge on any atom is -0.273 e. The molecule has 0 unspecified atom stereocenters. The number of benzene rings is 1. The largest absolute Gasteiger partial charge is 0.335 e. The number of nitro groups is 1. The number of rotatable bonds is 3. The number of carbonyl (C=O) groups excluding carboxylic acids is 3. The average molecular weight is 357 g/mol. The van der Waals surface area contributed by atoms with Crippen LogP contribution in [0, 0.1) is 17.0 Å². The highest BCUT2D eigenvalue weighted by atomic mass is 32.1. The van der Waals surface area contributed by atoms with Gasteiger partial charge in [0.1, 0.15) is 5.57 Å². The van der Waals surface area contributed by atoms with Gasteiger partial charge in [-0.15, -0.1) is 0 Å². The van der Waals surface area contributed by atoms with Crippen LogP contribution in [0.2, 0.25) is 0 Å². The number of nitrogens with zero attached hydrogens (tertiary/aromatic N) is 2. The van der Waals surface area contributed by atoms with E-state index in [9.17, 15) is 24.5 Å². The Morgan fingerprint density at radius 1 is 1.20 bits per heavy atom. The van der Waals surface area contributed by atoms with Gasteiger partial charge in [0, 0.05) is 10.9 Å². The first-order valence-electron chi connectivity index (χ1n) is 7.09. The smallest absolute Gasteiger partial charge is 0.273 e. The van der Waals surface area contributed by atoms with E-state index >= 15 is 0 Å². The van der Waals surface area contributed by atoms with Crippen molar-refractivity contribution in [1.29, 1.82) is 0 Å². The Bertz CT molecular complexity index is 947. The van der Waals surface area contributed by atoms with Gasteiger partial charge in [0.15, 0.2) is 0 Å². The van der Waals surface area contributed by atoms with Gasteiger partial charge in [0.05, 0.1) is 10.6 Å². The predicted octanol–water partition coefficient (Wildman–Crippen LogP) is 2.63. The molecular formula is C16H11N3O5S. The number of anilines is 1.